The van der Waals surface area contributed by atoms with Crippen molar-refractivity contribution in [2.24, 2.45) is 10.9 Å². The molecule has 21 heavy (non-hydrogen) atoms. The molecule has 0 amide bonds. The summed E-state index contributed by atoms with van der Waals surface area (Å²) in [4.78, 5) is 0. The van der Waals surface area contributed by atoms with Crippen LogP contribution in [0.15, 0.2) is 23.4 Å². The molecule has 1 rings (SSSR count). The molecule has 8 heteroatoms. The molecule has 1 atom stereocenters. The van der Waals surface area contributed by atoms with Crippen LogP contribution in [0.3, 0.4) is 0 Å². The second-order valence-electron chi connectivity index (χ2n) is 4.89. The van der Waals surface area contributed by atoms with Crippen molar-refractivity contribution in [3.63, 3.8) is 0 Å². The minimum atomic E-state index is -3.01. The Bertz CT molecular complexity index is 614. The second-order valence-corrected chi connectivity index (χ2v) is 7.08. The third-order valence-electron chi connectivity index (χ3n) is 2.86. The summed E-state index contributed by atoms with van der Waals surface area (Å²) in [5.74, 6) is 0.531. The predicted octanol–water partition coefficient (Wildman–Crippen LogP) is 0.312. The molecule has 0 saturated carbocycles. The molecule has 0 aromatic heterocycles. The highest BCUT2D eigenvalue weighted by molar-refractivity contribution is 7.90. The van der Waals surface area contributed by atoms with E-state index in [1.165, 1.54) is 13.4 Å². The number of nitrogens with zero attached hydrogens (tertiary/aromatic N) is 1. The first-order chi connectivity index (χ1) is 9.76. The summed E-state index contributed by atoms with van der Waals surface area (Å²) in [5.41, 5.74) is 6.95. The predicted molar refractivity (Wildman–Crippen MR) is 81.5 cm³/mol. The van der Waals surface area contributed by atoms with E-state index >= 15 is 0 Å². The van der Waals surface area contributed by atoms with Gasteiger partial charge >= 0.3 is 0 Å². The topological polar surface area (TPSA) is 114 Å². The molecule has 0 aliphatic rings. The first-order valence-electron chi connectivity index (χ1n) is 6.32. The molecule has 1 aromatic carbocycles. The number of methoxy groups -OCH3 is 1. The maximum Gasteiger partial charge on any atom is 0.173 e. The van der Waals surface area contributed by atoms with Crippen LogP contribution in [0.25, 0.3) is 0 Å². The maximum absolute atomic E-state index is 11.2. The third kappa shape index (κ3) is 5.60. The van der Waals surface area contributed by atoms with E-state index in [1.807, 2.05) is 6.92 Å². The van der Waals surface area contributed by atoms with Crippen molar-refractivity contribution in [3.05, 3.63) is 29.3 Å². The zero-order valence-electron chi connectivity index (χ0n) is 12.3. The van der Waals surface area contributed by atoms with Gasteiger partial charge in [-0.3, -0.25) is 0 Å². The number of hydrogen-bond acceptors (Lipinski definition) is 6. The molecule has 0 heterocycles. The SMILES string of the molecule is COc1cc(CNC(C)CS(C)(=O)=O)ccc1/C(N)=N/O. The molecule has 118 valence electrons. The average molecular weight is 315 g/mol. The van der Waals surface area contributed by atoms with Gasteiger partial charge in [-0.05, 0) is 24.6 Å². The molecule has 0 saturated heterocycles. The van der Waals surface area contributed by atoms with Gasteiger partial charge in [0.25, 0.3) is 0 Å². The fraction of sp³-hybridized carbons (Fsp3) is 0.462. The number of amidine groups is 1. The summed E-state index contributed by atoms with van der Waals surface area (Å²) in [6, 6.07) is 5.09. The van der Waals surface area contributed by atoms with E-state index in [0.29, 0.717) is 17.9 Å². The summed E-state index contributed by atoms with van der Waals surface area (Å²) in [6.07, 6.45) is 1.21. The van der Waals surface area contributed by atoms with Crippen LogP contribution >= 0.6 is 0 Å². The van der Waals surface area contributed by atoms with Gasteiger partial charge in [0.2, 0.25) is 0 Å². The molecule has 0 aliphatic carbocycles. The number of benzene rings is 1. The molecule has 0 radical (unpaired) electrons. The summed E-state index contributed by atoms with van der Waals surface area (Å²) in [5, 5.41) is 14.8. The number of sulfone groups is 1. The van der Waals surface area contributed by atoms with Gasteiger partial charge in [0, 0.05) is 18.8 Å². The molecule has 0 aliphatic heterocycles. The van der Waals surface area contributed by atoms with Gasteiger partial charge in [-0.15, -0.1) is 0 Å². The molecule has 1 aromatic rings. The van der Waals surface area contributed by atoms with Gasteiger partial charge in [0.1, 0.15) is 15.6 Å². The van der Waals surface area contributed by atoms with Crippen molar-refractivity contribution in [2.75, 3.05) is 19.1 Å². The number of oxime groups is 1. The first-order valence-corrected chi connectivity index (χ1v) is 8.38. The van der Waals surface area contributed by atoms with Crippen molar-refractivity contribution in [1.82, 2.24) is 5.32 Å². The van der Waals surface area contributed by atoms with Crippen molar-refractivity contribution >= 4 is 15.7 Å². The van der Waals surface area contributed by atoms with Crippen LogP contribution in [0.1, 0.15) is 18.1 Å². The highest BCUT2D eigenvalue weighted by atomic mass is 32.2. The van der Waals surface area contributed by atoms with Gasteiger partial charge < -0.3 is 21.0 Å². The minimum absolute atomic E-state index is 0.0307. The Morgan fingerprint density at radius 1 is 1.52 bits per heavy atom. The van der Waals surface area contributed by atoms with E-state index in [1.54, 1.807) is 18.2 Å². The smallest absolute Gasteiger partial charge is 0.173 e. The Labute approximate surface area is 124 Å². The minimum Gasteiger partial charge on any atom is -0.496 e. The monoisotopic (exact) mass is 315 g/mol. The van der Waals surface area contributed by atoms with Crippen LogP contribution in [0.5, 0.6) is 5.75 Å². The van der Waals surface area contributed by atoms with Crippen LogP contribution in [-0.4, -0.2) is 44.6 Å². The molecule has 4 N–H and O–H groups in total. The molecule has 0 spiro atoms. The highest BCUT2D eigenvalue weighted by Crippen LogP contribution is 2.20. The quantitative estimate of drug-likeness (QED) is 0.289. The highest BCUT2D eigenvalue weighted by Gasteiger charge is 2.12. The molecular formula is C13H21N3O4S. The lowest BCUT2D eigenvalue weighted by atomic mass is 10.1. The second kappa shape index (κ2) is 7.28. The summed E-state index contributed by atoms with van der Waals surface area (Å²) in [6.45, 7) is 2.30. The fourth-order valence-electron chi connectivity index (χ4n) is 1.92. The number of hydrogen-bond donors (Lipinski definition) is 3. The standard InChI is InChI=1S/C13H21N3O4S/c1-9(8-21(3,18)19)15-7-10-4-5-11(13(14)16-17)12(6-10)20-2/h4-6,9,15,17H,7-8H2,1-3H3,(H2,14,16). The third-order valence-corrected chi connectivity index (χ3v) is 3.96. The zero-order valence-corrected chi connectivity index (χ0v) is 13.1. The summed E-state index contributed by atoms with van der Waals surface area (Å²) < 4.78 is 27.6. The van der Waals surface area contributed by atoms with Crippen molar-refractivity contribution < 1.29 is 18.4 Å². The number of nitrogens with one attached hydrogen (secondary N) is 1. The Hall–Kier alpha value is -1.80. The van der Waals surface area contributed by atoms with Crippen LogP contribution in [-0.2, 0) is 16.4 Å². The first kappa shape index (κ1) is 17.3. The van der Waals surface area contributed by atoms with Crippen LogP contribution in [0.4, 0.5) is 0 Å². The van der Waals surface area contributed by atoms with E-state index in [4.69, 9.17) is 15.7 Å². The van der Waals surface area contributed by atoms with E-state index < -0.39 is 9.84 Å². The van der Waals surface area contributed by atoms with Crippen molar-refractivity contribution in [1.29, 1.82) is 0 Å². The fourth-order valence-corrected chi connectivity index (χ4v) is 2.94. The maximum atomic E-state index is 11.2. The van der Waals surface area contributed by atoms with Gasteiger partial charge in [0.05, 0.1) is 18.4 Å². The molecule has 7 nitrogen and oxygen atoms in total. The lowest BCUT2D eigenvalue weighted by Crippen LogP contribution is -2.32. The molecule has 0 bridgehead atoms. The summed E-state index contributed by atoms with van der Waals surface area (Å²) >= 11 is 0. The van der Waals surface area contributed by atoms with Crippen molar-refractivity contribution in [3.8, 4) is 5.75 Å². The van der Waals surface area contributed by atoms with E-state index in [9.17, 15) is 8.42 Å². The van der Waals surface area contributed by atoms with Crippen LogP contribution in [0.2, 0.25) is 0 Å². The number of ether oxygens (including phenoxy) is 1. The van der Waals surface area contributed by atoms with Gasteiger partial charge in [-0.25, -0.2) is 8.42 Å². The Morgan fingerprint density at radius 2 is 2.19 bits per heavy atom. The van der Waals surface area contributed by atoms with Gasteiger partial charge in [-0.2, -0.15) is 0 Å². The van der Waals surface area contributed by atoms with E-state index in [-0.39, 0.29) is 17.6 Å². The Balaban J connectivity index is 2.78. The normalized spacial score (nSPS) is 14.0. The van der Waals surface area contributed by atoms with Crippen LogP contribution < -0.4 is 15.8 Å². The van der Waals surface area contributed by atoms with Crippen molar-refractivity contribution in [2.45, 2.75) is 19.5 Å². The van der Waals surface area contributed by atoms with E-state index in [0.717, 1.165) is 5.56 Å². The summed E-state index contributed by atoms with van der Waals surface area (Å²) in [7, 11) is -1.52. The molecular weight excluding hydrogens is 294 g/mol. The lowest BCUT2D eigenvalue weighted by molar-refractivity contribution is 0.318. The van der Waals surface area contributed by atoms with Gasteiger partial charge in [-0.1, -0.05) is 11.2 Å². The Morgan fingerprint density at radius 3 is 2.71 bits per heavy atom. The van der Waals surface area contributed by atoms with Gasteiger partial charge in [0.15, 0.2) is 5.84 Å². The molecule has 0 fully saturated rings. The zero-order chi connectivity index (χ0) is 16.0. The molecule has 1 unspecified atom stereocenters. The average Bonchev–Trinajstić information content (AvgIpc) is 2.42. The number of rotatable bonds is 7. The van der Waals surface area contributed by atoms with Crippen LogP contribution in [0, 0.1) is 0 Å². The van der Waals surface area contributed by atoms with E-state index in [2.05, 4.69) is 10.5 Å². The lowest BCUT2D eigenvalue weighted by Gasteiger charge is -2.14. The largest absolute Gasteiger partial charge is 0.496 e. The Kier molecular flexibility index (Phi) is 5.98. The number of nitrogens with two attached hydrogens (primary N) is 1.